The van der Waals surface area contributed by atoms with Gasteiger partial charge in [0.2, 0.25) is 11.8 Å². The molecule has 144 heavy (non-hydrogen) atoms. The molecule has 0 radical (unpaired) electrons. The summed E-state index contributed by atoms with van der Waals surface area (Å²) in [5.41, 5.74) is 38.3. The first-order valence-electron chi connectivity index (χ1n) is 43.3. The fourth-order valence-electron chi connectivity index (χ4n) is 15.3. The van der Waals surface area contributed by atoms with Crippen molar-refractivity contribution in [3.05, 3.63) is 309 Å². The number of hydrogen-bond acceptors (Lipinski definition) is 32. The number of aryl methyl sites for hydroxylation is 2. The van der Waals surface area contributed by atoms with Crippen molar-refractivity contribution in [1.29, 1.82) is 21.0 Å². The maximum absolute atomic E-state index is 13.8. The number of nitrogen functional groups attached to an aromatic ring is 4. The quantitative estimate of drug-likeness (QED) is 0.0300. The molecule has 42 nitrogen and oxygen atoms in total. The van der Waals surface area contributed by atoms with Crippen molar-refractivity contribution in [1.82, 2.24) is 88.7 Å². The lowest BCUT2D eigenvalue weighted by molar-refractivity contribution is 0.0991. The maximum atomic E-state index is 13.8. The van der Waals surface area contributed by atoms with E-state index in [1.807, 2.05) is 24.3 Å². The van der Waals surface area contributed by atoms with Crippen LogP contribution in [0.2, 0.25) is 30.1 Å². The molecule has 48 heteroatoms. The molecule has 16 aromatic rings. The standard InChI is InChI=1S/2C24H21Cl2N9O2.2C24H21ClN8O2/c2*1-3-29-24(37)33-13-7-8-15(25)18(9-13)35-22(34-17-6-4-5-16(26)19(17)23(35)36)12(2)32-21-14(10-27)20(28)30-11-31-21;2*1-11-14(21(28)34)6-4-9-18(11)33-23(32-17-8-5-7-16(25)19(17)24(33)35)12(2)29-22-15(10-26)20(27)30-13(3)31-22/h2*4-9,11-12H,3H2,1-2H3,(H2,29,33,37)(H3,28,30,31,32);2*4-9,12H,1-3H3,(H2,28,34)(H3,27,29,30,31)/t4*12-/m0000/s1. The molecule has 8 aromatic carbocycles. The van der Waals surface area contributed by atoms with Crippen LogP contribution < -0.4 is 99.2 Å². The van der Waals surface area contributed by atoms with Gasteiger partial charge >= 0.3 is 12.1 Å². The number of nitrogens with zero attached hydrogens (tertiary/aromatic N) is 20. The largest absolute Gasteiger partial charge is 0.382 e. The third-order valence-electron chi connectivity index (χ3n) is 21.9. The number of nitriles is 4. The number of amides is 6. The molecule has 0 saturated carbocycles. The van der Waals surface area contributed by atoms with Crippen LogP contribution in [0.25, 0.3) is 66.4 Å². The van der Waals surface area contributed by atoms with Gasteiger partial charge in [0.25, 0.3) is 22.2 Å². The van der Waals surface area contributed by atoms with E-state index in [2.05, 4.69) is 82.4 Å². The molecule has 0 aliphatic rings. The molecule has 0 spiro atoms. The second-order valence-corrected chi connectivity index (χ2v) is 34.0. The van der Waals surface area contributed by atoms with E-state index in [9.17, 15) is 59.4 Å². The van der Waals surface area contributed by atoms with Crippen molar-refractivity contribution >= 4 is 195 Å². The highest BCUT2D eigenvalue weighted by atomic mass is 35.5. The predicted octanol–water partition coefficient (Wildman–Crippen LogP) is 14.8. The summed E-state index contributed by atoms with van der Waals surface area (Å²) in [7, 11) is 0. The number of hydrogen-bond donors (Lipinski definition) is 14. The molecule has 0 unspecified atom stereocenters. The number of nitrogens with one attached hydrogen (secondary N) is 8. The van der Waals surface area contributed by atoms with Crippen molar-refractivity contribution in [2.75, 3.05) is 67.9 Å². The maximum Gasteiger partial charge on any atom is 0.319 e. The Kier molecular flexibility index (Phi) is 32.1. The monoisotopic (exact) mass is 2050 g/mol. The summed E-state index contributed by atoms with van der Waals surface area (Å²) in [6.45, 7) is 18.1. The topological polar surface area (TPSA) is 658 Å². The Morgan fingerprint density at radius 3 is 0.917 bits per heavy atom. The minimum absolute atomic E-state index is 0.00928. The Bertz CT molecular complexity index is 7880. The van der Waals surface area contributed by atoms with Crippen LogP contribution in [0.5, 0.6) is 0 Å². The van der Waals surface area contributed by atoms with Gasteiger partial charge in [-0.1, -0.05) is 106 Å². The lowest BCUT2D eigenvalue weighted by Gasteiger charge is -2.22. The lowest BCUT2D eigenvalue weighted by Crippen LogP contribution is -2.29. The molecule has 8 heterocycles. The summed E-state index contributed by atoms with van der Waals surface area (Å²) in [6, 6.07) is 43.7. The van der Waals surface area contributed by atoms with Gasteiger partial charge in [0.05, 0.1) is 121 Å². The number of aromatic nitrogens is 16. The van der Waals surface area contributed by atoms with Crippen LogP contribution >= 0.6 is 69.6 Å². The van der Waals surface area contributed by atoms with E-state index < -0.39 is 70.3 Å². The molecule has 8 aromatic heterocycles. The van der Waals surface area contributed by atoms with E-state index in [1.54, 1.807) is 215 Å². The molecule has 4 atom stereocenters. The second kappa shape index (κ2) is 44.6. The van der Waals surface area contributed by atoms with E-state index >= 15 is 0 Å². The fraction of sp³-hybridized carbons (Fsp3) is 0.167. The predicted molar refractivity (Wildman–Crippen MR) is 554 cm³/mol. The Morgan fingerprint density at radius 1 is 0.354 bits per heavy atom. The first-order chi connectivity index (χ1) is 68.8. The van der Waals surface area contributed by atoms with Crippen LogP contribution in [0, 0.1) is 73.0 Å². The van der Waals surface area contributed by atoms with E-state index in [0.717, 1.165) is 0 Å². The number of benzene rings is 8. The molecule has 6 amide bonds. The fourth-order valence-corrected chi connectivity index (χ4v) is 16.7. The first kappa shape index (κ1) is 104. The summed E-state index contributed by atoms with van der Waals surface area (Å²) < 4.78 is 5.40. The van der Waals surface area contributed by atoms with Crippen molar-refractivity contribution in [3.63, 3.8) is 0 Å². The molecule has 20 N–H and O–H groups in total. The molecule has 16 rings (SSSR count). The van der Waals surface area contributed by atoms with Gasteiger partial charge in [-0.25, -0.2) is 69.4 Å². The highest BCUT2D eigenvalue weighted by molar-refractivity contribution is 6.37. The zero-order chi connectivity index (χ0) is 104. The van der Waals surface area contributed by atoms with Crippen LogP contribution in [-0.2, 0) is 0 Å². The number of fused-ring (bicyclic) bond motifs is 4. The smallest absolute Gasteiger partial charge is 0.319 e. The van der Waals surface area contributed by atoms with E-state index in [-0.39, 0.29) is 155 Å². The Labute approximate surface area is 847 Å². The molecule has 0 fully saturated rings. The van der Waals surface area contributed by atoms with Gasteiger partial charge < -0.3 is 76.9 Å². The summed E-state index contributed by atoms with van der Waals surface area (Å²) in [5, 5.41) is 63.5. The molecular weight excluding hydrogens is 1970 g/mol. The van der Waals surface area contributed by atoms with Crippen LogP contribution in [-0.4, -0.2) is 115 Å². The highest BCUT2D eigenvalue weighted by Gasteiger charge is 2.31. The van der Waals surface area contributed by atoms with Crippen LogP contribution in [0.15, 0.2) is 177 Å². The van der Waals surface area contributed by atoms with Gasteiger partial charge in [0.15, 0.2) is 11.6 Å². The highest BCUT2D eigenvalue weighted by Crippen LogP contribution is 2.37. The Hall–Kier alpha value is -17.8. The number of carbonyl (C=O) groups excluding carboxylic acids is 4. The van der Waals surface area contributed by atoms with Gasteiger partial charge in [-0.05, 0) is 190 Å². The minimum Gasteiger partial charge on any atom is -0.382 e. The first-order valence-corrected chi connectivity index (χ1v) is 45.5. The van der Waals surface area contributed by atoms with E-state index in [0.29, 0.717) is 92.3 Å². The zero-order valence-corrected chi connectivity index (χ0v) is 82.2. The summed E-state index contributed by atoms with van der Waals surface area (Å²) in [4.78, 5) is 155. The van der Waals surface area contributed by atoms with Crippen molar-refractivity contribution in [3.8, 4) is 47.0 Å². The second-order valence-electron chi connectivity index (χ2n) is 31.5. The van der Waals surface area contributed by atoms with Gasteiger partial charge in [0.1, 0.15) is 129 Å². The number of rotatable bonds is 22. The molecule has 0 aliphatic heterocycles. The van der Waals surface area contributed by atoms with Crippen molar-refractivity contribution in [2.45, 2.75) is 93.4 Å². The molecule has 0 saturated heterocycles. The number of anilines is 10. The van der Waals surface area contributed by atoms with Gasteiger partial charge in [0, 0.05) is 35.6 Å². The SMILES string of the molecule is CCNC(=O)Nc1ccc(Cl)c(-n2c([C@H](C)Nc3ncnc(N)c3C#N)nc3cccc(Cl)c3c2=O)c1.CCNC(=O)Nc1ccc(Cl)c(-n2c([C@H](C)Nc3ncnc(N)c3C#N)nc3cccc(Cl)c3c2=O)c1.Cc1nc(N)c(C#N)c(N[C@@H](C)c2nc3cccc(Cl)c3c(=O)n2-c2cccc(C(N)=O)c2C)n1.Cc1nc(N)c(C#N)c(N[C@@H](C)c2nc3cccc(Cl)c3c(=O)n2-c2cccc(C(N)=O)c2C)n1. The number of nitrogens with two attached hydrogens (primary N) is 6. The third-order valence-corrected chi connectivity index (χ3v) is 23.8. The minimum atomic E-state index is -0.673. The third kappa shape index (κ3) is 21.8. The van der Waals surface area contributed by atoms with Crippen LogP contribution in [0.1, 0.15) is 155 Å². The van der Waals surface area contributed by atoms with Crippen LogP contribution in [0.4, 0.5) is 67.5 Å². The summed E-state index contributed by atoms with van der Waals surface area (Å²) >= 11 is 38.6. The number of urea groups is 2. The molecule has 728 valence electrons. The van der Waals surface area contributed by atoms with Gasteiger partial charge in [-0.2, -0.15) is 21.0 Å². The average molecular weight is 2050 g/mol. The van der Waals surface area contributed by atoms with Crippen molar-refractivity contribution in [2.24, 2.45) is 11.5 Å². The van der Waals surface area contributed by atoms with Gasteiger partial charge in [-0.3, -0.25) is 47.0 Å². The summed E-state index contributed by atoms with van der Waals surface area (Å²) in [6.07, 6.45) is 2.44. The molecule has 0 bridgehead atoms. The lowest BCUT2D eigenvalue weighted by atomic mass is 10.1. The zero-order valence-electron chi connectivity index (χ0n) is 77.7. The Balaban J connectivity index is 0.000000161. The Morgan fingerprint density at radius 2 is 0.632 bits per heavy atom. The number of carbonyl (C=O) groups is 4. The van der Waals surface area contributed by atoms with Gasteiger partial charge in [-0.15, -0.1) is 0 Å². The average Bonchev–Trinajstić information content (AvgIpc) is 0.778. The van der Waals surface area contributed by atoms with Crippen LogP contribution in [0.3, 0.4) is 0 Å². The molecule has 0 aliphatic carbocycles. The summed E-state index contributed by atoms with van der Waals surface area (Å²) in [5.74, 6) is 1.45. The number of primary amides is 2. The van der Waals surface area contributed by atoms with E-state index in [4.69, 9.17) is 124 Å². The normalized spacial score (nSPS) is 11.6. The van der Waals surface area contributed by atoms with Crippen molar-refractivity contribution < 1.29 is 19.2 Å². The number of halogens is 6. The van der Waals surface area contributed by atoms with E-state index in [1.165, 1.54) is 30.9 Å². The molecular formula is C96H84Cl6N34O8.